The van der Waals surface area contributed by atoms with Gasteiger partial charge in [-0.2, -0.15) is 5.26 Å². The Morgan fingerprint density at radius 3 is 2.62 bits per heavy atom. The minimum atomic E-state index is 0.754. The number of tetrazole rings is 1. The van der Waals surface area contributed by atoms with Crippen LogP contribution in [-0.2, 0) is 5.75 Å². The van der Waals surface area contributed by atoms with E-state index in [1.54, 1.807) is 17.8 Å². The van der Waals surface area contributed by atoms with E-state index in [4.69, 9.17) is 5.26 Å². The predicted octanol–water partition coefficient (Wildman–Crippen LogP) is 2.02. The van der Waals surface area contributed by atoms with Crippen molar-refractivity contribution in [2.45, 2.75) is 17.8 Å². The Morgan fingerprint density at radius 2 is 2.06 bits per heavy atom. The number of hydrogen-bond donors (Lipinski definition) is 1. The lowest BCUT2D eigenvalue weighted by Gasteiger charge is -1.96. The summed E-state index contributed by atoms with van der Waals surface area (Å²) in [5.74, 6) is 0.887. The van der Waals surface area contributed by atoms with Crippen molar-refractivity contribution in [3.63, 3.8) is 0 Å². The van der Waals surface area contributed by atoms with E-state index < -0.39 is 0 Å². The number of thioether (sulfide) groups is 1. The lowest BCUT2D eigenvalue weighted by molar-refractivity contribution is 0.881. The standard InChI is InChI=1S/C8H8N4S.C2H3N/c1-2-4-7(5-3-1)6-13-8-9-11-12-10-8;1-2-3/h1-5H,6H2,(H,9,10,11,12);1H3. The van der Waals surface area contributed by atoms with Crippen LogP contribution in [0.25, 0.3) is 0 Å². The molecule has 1 heterocycles. The van der Waals surface area contributed by atoms with Crippen LogP contribution >= 0.6 is 11.8 Å². The molecule has 5 nitrogen and oxygen atoms in total. The molecule has 1 aromatic heterocycles. The lowest BCUT2D eigenvalue weighted by Crippen LogP contribution is -1.80. The van der Waals surface area contributed by atoms with Crippen molar-refractivity contribution >= 4 is 11.8 Å². The summed E-state index contributed by atoms with van der Waals surface area (Å²) in [6.45, 7) is 1.43. The van der Waals surface area contributed by atoms with Gasteiger partial charge in [0.2, 0.25) is 5.16 Å². The molecule has 16 heavy (non-hydrogen) atoms. The van der Waals surface area contributed by atoms with Gasteiger partial charge >= 0.3 is 0 Å². The molecule has 0 saturated heterocycles. The molecule has 0 aliphatic carbocycles. The first-order valence-electron chi connectivity index (χ1n) is 4.58. The molecule has 0 radical (unpaired) electrons. The van der Waals surface area contributed by atoms with Gasteiger partial charge in [-0.05, 0) is 16.0 Å². The van der Waals surface area contributed by atoms with Gasteiger partial charge in [0.05, 0.1) is 6.07 Å². The molecule has 0 bridgehead atoms. The summed E-state index contributed by atoms with van der Waals surface area (Å²) in [5, 5.41) is 21.5. The van der Waals surface area contributed by atoms with Crippen LogP contribution in [0.1, 0.15) is 12.5 Å². The van der Waals surface area contributed by atoms with E-state index in [1.165, 1.54) is 12.5 Å². The number of nitrogens with zero attached hydrogens (tertiary/aromatic N) is 4. The fraction of sp³-hybridized carbons (Fsp3) is 0.200. The molecule has 0 fully saturated rings. The van der Waals surface area contributed by atoms with Gasteiger partial charge in [0.1, 0.15) is 0 Å². The summed E-state index contributed by atoms with van der Waals surface area (Å²) in [6, 6.07) is 12.0. The Labute approximate surface area is 97.9 Å². The zero-order valence-electron chi connectivity index (χ0n) is 8.79. The van der Waals surface area contributed by atoms with Gasteiger partial charge < -0.3 is 0 Å². The maximum absolute atomic E-state index is 7.32. The smallest absolute Gasteiger partial charge is 0.207 e. The van der Waals surface area contributed by atoms with Gasteiger partial charge in [-0.3, -0.25) is 0 Å². The van der Waals surface area contributed by atoms with E-state index in [-0.39, 0.29) is 0 Å². The highest BCUT2D eigenvalue weighted by Gasteiger charge is 1.97. The molecule has 0 amide bonds. The van der Waals surface area contributed by atoms with E-state index in [0.717, 1.165) is 10.9 Å². The van der Waals surface area contributed by atoms with E-state index in [1.807, 2.05) is 18.2 Å². The first-order chi connectivity index (χ1) is 7.86. The molecule has 2 aromatic rings. The number of aromatic amines is 1. The van der Waals surface area contributed by atoms with Gasteiger partial charge in [0.25, 0.3) is 0 Å². The molecule has 0 saturated carbocycles. The van der Waals surface area contributed by atoms with Crippen LogP contribution in [0.15, 0.2) is 35.5 Å². The topological polar surface area (TPSA) is 78.2 Å². The van der Waals surface area contributed by atoms with Crippen molar-refractivity contribution in [1.29, 1.82) is 5.26 Å². The number of aromatic nitrogens is 4. The van der Waals surface area contributed by atoms with Crippen molar-refractivity contribution in [3.8, 4) is 6.07 Å². The second-order valence-electron chi connectivity index (χ2n) is 2.70. The normalized spacial score (nSPS) is 8.75. The summed E-state index contributed by atoms with van der Waals surface area (Å²) in [4.78, 5) is 0. The minimum absolute atomic E-state index is 0.754. The molecule has 1 aromatic carbocycles. The molecule has 0 unspecified atom stereocenters. The molecule has 0 aliphatic rings. The molecule has 6 heteroatoms. The minimum Gasteiger partial charge on any atom is -0.234 e. The fourth-order valence-electron chi connectivity index (χ4n) is 0.938. The monoisotopic (exact) mass is 233 g/mol. The Balaban J connectivity index is 0.000000386. The zero-order valence-corrected chi connectivity index (χ0v) is 9.61. The quantitative estimate of drug-likeness (QED) is 0.820. The maximum Gasteiger partial charge on any atom is 0.207 e. The van der Waals surface area contributed by atoms with Gasteiger partial charge in [0.15, 0.2) is 0 Å². The van der Waals surface area contributed by atoms with E-state index >= 15 is 0 Å². The van der Waals surface area contributed by atoms with Crippen molar-refractivity contribution < 1.29 is 0 Å². The average Bonchev–Trinajstić information content (AvgIpc) is 2.82. The van der Waals surface area contributed by atoms with Crippen molar-refractivity contribution in [2.24, 2.45) is 0 Å². The fourth-order valence-corrected chi connectivity index (χ4v) is 1.63. The van der Waals surface area contributed by atoms with Crippen molar-refractivity contribution in [3.05, 3.63) is 35.9 Å². The first-order valence-corrected chi connectivity index (χ1v) is 5.56. The van der Waals surface area contributed by atoms with E-state index in [2.05, 4.69) is 32.8 Å². The summed E-state index contributed by atoms with van der Waals surface area (Å²) in [7, 11) is 0. The lowest BCUT2D eigenvalue weighted by atomic mass is 10.2. The van der Waals surface area contributed by atoms with Gasteiger partial charge in [-0.1, -0.05) is 42.1 Å². The van der Waals surface area contributed by atoms with Gasteiger partial charge in [-0.15, -0.1) is 5.10 Å². The number of rotatable bonds is 3. The highest BCUT2D eigenvalue weighted by molar-refractivity contribution is 7.98. The second kappa shape index (κ2) is 7.43. The summed E-state index contributed by atoms with van der Waals surface area (Å²) in [5.41, 5.74) is 1.27. The molecule has 0 atom stereocenters. The number of nitriles is 1. The average molecular weight is 233 g/mol. The molecular weight excluding hydrogens is 222 g/mol. The van der Waals surface area contributed by atoms with Gasteiger partial charge in [-0.25, -0.2) is 5.10 Å². The van der Waals surface area contributed by atoms with Crippen LogP contribution in [0.5, 0.6) is 0 Å². The number of hydrogen-bond acceptors (Lipinski definition) is 5. The summed E-state index contributed by atoms with van der Waals surface area (Å²) >= 11 is 1.59. The third kappa shape index (κ3) is 4.57. The molecule has 0 aliphatic heterocycles. The Bertz CT molecular complexity index is 420. The summed E-state index contributed by atoms with van der Waals surface area (Å²) < 4.78 is 0. The number of benzene rings is 1. The third-order valence-corrected chi connectivity index (χ3v) is 2.47. The Hall–Kier alpha value is -1.87. The summed E-state index contributed by atoms with van der Waals surface area (Å²) in [6.07, 6.45) is 0. The largest absolute Gasteiger partial charge is 0.234 e. The number of nitrogens with one attached hydrogen (secondary N) is 1. The highest BCUT2D eigenvalue weighted by Crippen LogP contribution is 2.16. The van der Waals surface area contributed by atoms with Crippen LogP contribution < -0.4 is 0 Å². The third-order valence-electron chi connectivity index (χ3n) is 1.54. The van der Waals surface area contributed by atoms with Crippen LogP contribution in [0.2, 0.25) is 0 Å². The molecular formula is C10H11N5S. The van der Waals surface area contributed by atoms with Crippen LogP contribution in [0, 0.1) is 11.3 Å². The highest BCUT2D eigenvalue weighted by atomic mass is 32.2. The van der Waals surface area contributed by atoms with Crippen molar-refractivity contribution in [2.75, 3.05) is 0 Å². The van der Waals surface area contributed by atoms with Crippen LogP contribution in [0.4, 0.5) is 0 Å². The molecule has 2 rings (SSSR count). The van der Waals surface area contributed by atoms with Crippen molar-refractivity contribution in [1.82, 2.24) is 20.6 Å². The van der Waals surface area contributed by atoms with Gasteiger partial charge in [0, 0.05) is 12.7 Å². The SMILES string of the molecule is CC#N.c1ccc(CSc2nnn[nH]2)cc1. The van der Waals surface area contributed by atoms with Crippen LogP contribution in [-0.4, -0.2) is 20.6 Å². The number of H-pyrrole nitrogens is 1. The second-order valence-corrected chi connectivity index (χ2v) is 3.67. The Morgan fingerprint density at radius 1 is 1.38 bits per heavy atom. The predicted molar refractivity (Wildman–Crippen MR) is 61.5 cm³/mol. The zero-order chi connectivity index (χ0) is 11.6. The molecule has 0 spiro atoms. The Kier molecular flexibility index (Phi) is 5.66. The molecule has 82 valence electrons. The van der Waals surface area contributed by atoms with Crippen LogP contribution in [0.3, 0.4) is 0 Å². The first kappa shape index (κ1) is 12.2. The maximum atomic E-state index is 7.32. The molecule has 1 N–H and O–H groups in total. The van der Waals surface area contributed by atoms with E-state index in [9.17, 15) is 0 Å². The van der Waals surface area contributed by atoms with E-state index in [0.29, 0.717) is 0 Å².